The van der Waals surface area contributed by atoms with Crippen molar-refractivity contribution in [2.75, 3.05) is 12.3 Å². The average molecular weight is 408 g/mol. The maximum absolute atomic E-state index is 12.6. The van der Waals surface area contributed by atoms with E-state index in [-0.39, 0.29) is 10.7 Å². The van der Waals surface area contributed by atoms with Gasteiger partial charge >= 0.3 is 0 Å². The average Bonchev–Trinajstić information content (AvgIpc) is 3.45. The molecular formula is C20H35Cl2NOS. The number of rotatable bonds is 7. The summed E-state index contributed by atoms with van der Waals surface area (Å²) in [7, 11) is 0. The van der Waals surface area contributed by atoms with Crippen molar-refractivity contribution in [3.8, 4) is 0 Å². The van der Waals surface area contributed by atoms with Crippen molar-refractivity contribution in [2.45, 2.75) is 82.9 Å². The highest BCUT2D eigenvalue weighted by Gasteiger charge is 2.51. The van der Waals surface area contributed by atoms with Crippen LogP contribution in [0.2, 0.25) is 0 Å². The van der Waals surface area contributed by atoms with E-state index in [1.54, 1.807) is 11.8 Å². The molecule has 0 aromatic carbocycles. The van der Waals surface area contributed by atoms with Gasteiger partial charge in [-0.3, -0.25) is 4.79 Å². The third-order valence-corrected chi connectivity index (χ3v) is 5.85. The number of carbonyl (C=O) groups excluding carboxylic acids is 1. The molecule has 2 aliphatic rings. The predicted molar refractivity (Wildman–Crippen MR) is 116 cm³/mol. The first-order chi connectivity index (χ1) is 12.2. The van der Waals surface area contributed by atoms with Gasteiger partial charge in [0.2, 0.25) is 5.91 Å². The van der Waals surface area contributed by atoms with E-state index in [4.69, 9.17) is 11.6 Å². The fourth-order valence-electron chi connectivity index (χ4n) is 2.78. The Morgan fingerprint density at radius 3 is 2.28 bits per heavy atom. The van der Waals surface area contributed by atoms with Gasteiger partial charge in [0.15, 0.2) is 0 Å². The molecule has 0 atom stereocenters. The van der Waals surface area contributed by atoms with Crippen LogP contribution in [-0.4, -0.2) is 29.0 Å². The van der Waals surface area contributed by atoms with Crippen molar-refractivity contribution in [1.82, 2.24) is 5.32 Å². The van der Waals surface area contributed by atoms with Gasteiger partial charge < -0.3 is 5.32 Å². The van der Waals surface area contributed by atoms with Gasteiger partial charge in [0.05, 0.1) is 4.75 Å². The van der Waals surface area contributed by atoms with Gasteiger partial charge in [-0.15, -0.1) is 35.0 Å². The molecule has 0 aliphatic heterocycles. The lowest BCUT2D eigenvalue weighted by Crippen LogP contribution is -2.42. The Kier molecular flexibility index (Phi) is 14.9. The molecule has 0 aromatic rings. The summed E-state index contributed by atoms with van der Waals surface area (Å²) in [4.78, 5) is 13.8. The highest BCUT2D eigenvalue weighted by Crippen LogP contribution is 2.52. The number of hydrogen-bond donors (Lipinski definition) is 1. The first kappa shape index (κ1) is 24.9. The van der Waals surface area contributed by atoms with Gasteiger partial charge in [-0.25, -0.2) is 0 Å². The van der Waals surface area contributed by atoms with Crippen LogP contribution in [-0.2, 0) is 4.79 Å². The lowest BCUT2D eigenvalue weighted by Gasteiger charge is -2.25. The van der Waals surface area contributed by atoms with Crippen LogP contribution in [0, 0.1) is 0 Å². The maximum atomic E-state index is 12.6. The Bertz CT molecular complexity index is 414. The maximum Gasteiger partial charge on any atom is 0.236 e. The summed E-state index contributed by atoms with van der Waals surface area (Å²) in [6.07, 6.45) is 16.7. The SMILES string of the molecule is CC.CC/C=C(\C=C/CCl)SC1(C(=O)NC2CCCCC2)CC1.CCl. The smallest absolute Gasteiger partial charge is 0.236 e. The van der Waals surface area contributed by atoms with E-state index in [0.717, 1.165) is 32.1 Å². The van der Waals surface area contributed by atoms with Gasteiger partial charge in [0, 0.05) is 23.2 Å². The third-order valence-electron chi connectivity index (χ3n) is 4.15. The molecule has 1 N–H and O–H groups in total. The Morgan fingerprint density at radius 2 is 1.80 bits per heavy atom. The van der Waals surface area contributed by atoms with Crippen molar-refractivity contribution < 1.29 is 4.79 Å². The zero-order valence-electron chi connectivity index (χ0n) is 16.2. The predicted octanol–water partition coefficient (Wildman–Crippen LogP) is 6.67. The summed E-state index contributed by atoms with van der Waals surface area (Å²) < 4.78 is -0.213. The molecular weight excluding hydrogens is 373 g/mol. The lowest BCUT2D eigenvalue weighted by molar-refractivity contribution is -0.122. The molecule has 0 unspecified atom stereocenters. The second kappa shape index (κ2) is 15.0. The normalized spacial score (nSPS) is 19.4. The number of alkyl halides is 2. The molecule has 0 heterocycles. The number of carbonyl (C=O) groups is 1. The molecule has 2 nitrogen and oxygen atoms in total. The van der Waals surface area contributed by atoms with Gasteiger partial charge in [-0.2, -0.15) is 0 Å². The number of hydrogen-bond acceptors (Lipinski definition) is 2. The fraction of sp³-hybridized carbons (Fsp3) is 0.750. The van der Waals surface area contributed by atoms with E-state index < -0.39 is 0 Å². The van der Waals surface area contributed by atoms with Crippen molar-refractivity contribution >= 4 is 40.9 Å². The zero-order valence-corrected chi connectivity index (χ0v) is 18.6. The molecule has 2 rings (SSSR count). The van der Waals surface area contributed by atoms with E-state index in [1.165, 1.54) is 30.6 Å². The molecule has 2 fully saturated rings. The summed E-state index contributed by atoms with van der Waals surface area (Å²) in [6.45, 7) is 6.12. The molecule has 0 aromatic heterocycles. The molecule has 0 spiro atoms. The summed E-state index contributed by atoms with van der Waals surface area (Å²) in [6, 6.07) is 0.404. The minimum atomic E-state index is -0.213. The minimum Gasteiger partial charge on any atom is -0.352 e. The number of allylic oxidation sites excluding steroid dienone is 3. The number of halogens is 2. The Morgan fingerprint density at radius 1 is 1.20 bits per heavy atom. The second-order valence-corrected chi connectivity index (χ2v) is 7.74. The summed E-state index contributed by atoms with van der Waals surface area (Å²) in [5.74, 6) is 0.767. The monoisotopic (exact) mass is 407 g/mol. The first-order valence-corrected chi connectivity index (χ1v) is 11.6. The highest BCUT2D eigenvalue weighted by atomic mass is 35.5. The van der Waals surface area contributed by atoms with Crippen molar-refractivity contribution in [2.24, 2.45) is 0 Å². The molecule has 5 heteroatoms. The lowest BCUT2D eigenvalue weighted by atomic mass is 9.95. The van der Waals surface area contributed by atoms with E-state index in [1.807, 2.05) is 19.9 Å². The van der Waals surface area contributed by atoms with Crippen LogP contribution in [0.5, 0.6) is 0 Å². The highest BCUT2D eigenvalue weighted by molar-refractivity contribution is 8.05. The van der Waals surface area contributed by atoms with Crippen LogP contribution in [0.15, 0.2) is 23.1 Å². The minimum absolute atomic E-state index is 0.213. The number of nitrogens with one attached hydrogen (secondary N) is 1. The van der Waals surface area contributed by atoms with Crippen LogP contribution in [0.25, 0.3) is 0 Å². The van der Waals surface area contributed by atoms with E-state index in [0.29, 0.717) is 11.9 Å². The van der Waals surface area contributed by atoms with Gasteiger partial charge in [0.25, 0.3) is 0 Å². The van der Waals surface area contributed by atoms with Gasteiger partial charge in [0.1, 0.15) is 0 Å². The Hall–Kier alpha value is -0.120. The number of thioether (sulfide) groups is 1. The molecule has 0 saturated heterocycles. The third kappa shape index (κ3) is 9.40. The van der Waals surface area contributed by atoms with Crippen LogP contribution < -0.4 is 5.32 Å². The first-order valence-electron chi connectivity index (χ1n) is 9.50. The van der Waals surface area contributed by atoms with E-state index >= 15 is 0 Å². The molecule has 25 heavy (non-hydrogen) atoms. The Balaban J connectivity index is 0.00000134. The van der Waals surface area contributed by atoms with Crippen molar-refractivity contribution in [1.29, 1.82) is 0 Å². The van der Waals surface area contributed by atoms with E-state index in [9.17, 15) is 4.79 Å². The van der Waals surface area contributed by atoms with Crippen LogP contribution in [0.3, 0.4) is 0 Å². The van der Waals surface area contributed by atoms with Crippen LogP contribution >= 0.6 is 35.0 Å². The molecule has 2 saturated carbocycles. The molecule has 0 radical (unpaired) electrons. The number of amides is 1. The topological polar surface area (TPSA) is 29.1 Å². The zero-order chi connectivity index (χ0) is 19.1. The molecule has 0 bridgehead atoms. The Labute approximate surface area is 169 Å². The summed E-state index contributed by atoms with van der Waals surface area (Å²) in [5, 5.41) is 3.29. The fourth-order valence-corrected chi connectivity index (χ4v) is 4.20. The van der Waals surface area contributed by atoms with Crippen molar-refractivity contribution in [3.63, 3.8) is 0 Å². The van der Waals surface area contributed by atoms with Crippen LogP contribution in [0.4, 0.5) is 0 Å². The summed E-state index contributed by atoms with van der Waals surface area (Å²) in [5.41, 5.74) is 0. The molecule has 1 amide bonds. The van der Waals surface area contributed by atoms with Gasteiger partial charge in [-0.1, -0.05) is 58.3 Å². The van der Waals surface area contributed by atoms with Crippen molar-refractivity contribution in [3.05, 3.63) is 23.1 Å². The van der Waals surface area contributed by atoms with Gasteiger partial charge in [-0.05, 0) is 32.1 Å². The largest absolute Gasteiger partial charge is 0.352 e. The summed E-state index contributed by atoms with van der Waals surface area (Å²) >= 11 is 12.1. The van der Waals surface area contributed by atoms with Crippen LogP contribution in [0.1, 0.15) is 72.1 Å². The molecule has 2 aliphatic carbocycles. The standard InChI is InChI=1S/C17H26ClNOS.C2H6.CH3Cl/c1-2-7-15(10-6-13-18)21-17(11-12-17)16(20)19-14-8-4-3-5-9-14;2*1-2/h6-7,10,14H,2-5,8-9,11-13H2,1H3,(H,19,20);1-2H3;1H3/b10-6-,15-7+;;. The quantitative estimate of drug-likeness (QED) is 0.376. The second-order valence-electron chi connectivity index (χ2n) is 5.98. The molecule has 146 valence electrons. The van der Waals surface area contributed by atoms with E-state index in [2.05, 4.69) is 36.0 Å².